The predicted octanol–water partition coefficient (Wildman–Crippen LogP) is 2.65. The third-order valence-electron chi connectivity index (χ3n) is 4.72. The highest BCUT2D eigenvalue weighted by atomic mass is 19.1. The number of alkyl carbamates (subject to hydrolysis) is 1. The van der Waals surface area contributed by atoms with Crippen LogP contribution in [0.2, 0.25) is 0 Å². The van der Waals surface area contributed by atoms with Crippen molar-refractivity contribution in [1.82, 2.24) is 10.2 Å². The molecule has 1 aromatic rings. The van der Waals surface area contributed by atoms with Gasteiger partial charge in [0.15, 0.2) is 0 Å². The SMILES string of the molecule is C[C@H]1OC[C@]2(c3ccccc3F)N=C(NC(=O)OC(C)(C)C)N(C)C(=O)[C@H]12.[HH]. The number of nitrogens with zero attached hydrogens (tertiary/aromatic N) is 2. The number of aliphatic imine (C=N–C) groups is 1. The number of amides is 2. The Bertz CT molecular complexity index is 811. The Morgan fingerprint density at radius 1 is 1.44 bits per heavy atom. The van der Waals surface area contributed by atoms with E-state index in [-0.39, 0.29) is 25.5 Å². The van der Waals surface area contributed by atoms with Crippen molar-refractivity contribution in [1.29, 1.82) is 0 Å². The summed E-state index contributed by atoms with van der Waals surface area (Å²) in [5.74, 6) is -1.46. The predicted molar refractivity (Wildman–Crippen MR) is 98.7 cm³/mol. The minimum absolute atomic E-state index is 0. The van der Waals surface area contributed by atoms with Crippen LogP contribution in [0.3, 0.4) is 0 Å². The van der Waals surface area contributed by atoms with E-state index in [1.54, 1.807) is 45.9 Å². The van der Waals surface area contributed by atoms with E-state index in [0.717, 1.165) is 0 Å². The van der Waals surface area contributed by atoms with Gasteiger partial charge in [-0.3, -0.25) is 15.0 Å². The molecule has 1 saturated heterocycles. The van der Waals surface area contributed by atoms with E-state index in [4.69, 9.17) is 9.47 Å². The Morgan fingerprint density at radius 3 is 2.74 bits per heavy atom. The summed E-state index contributed by atoms with van der Waals surface area (Å²) in [7, 11) is 1.51. The van der Waals surface area contributed by atoms with Gasteiger partial charge in [-0.2, -0.15) is 0 Å². The highest BCUT2D eigenvalue weighted by Crippen LogP contribution is 2.46. The minimum Gasteiger partial charge on any atom is -0.444 e. The van der Waals surface area contributed by atoms with Crippen molar-refractivity contribution in [3.05, 3.63) is 35.6 Å². The van der Waals surface area contributed by atoms with Crippen molar-refractivity contribution < 1.29 is 24.9 Å². The summed E-state index contributed by atoms with van der Waals surface area (Å²) in [6, 6.07) is 6.18. The third kappa shape index (κ3) is 3.41. The van der Waals surface area contributed by atoms with Crippen LogP contribution >= 0.6 is 0 Å². The summed E-state index contributed by atoms with van der Waals surface area (Å²) in [6.07, 6.45) is -1.18. The Balaban J connectivity index is 0.00000280. The molecule has 148 valence electrons. The molecule has 27 heavy (non-hydrogen) atoms. The zero-order valence-corrected chi connectivity index (χ0v) is 16.1. The third-order valence-corrected chi connectivity index (χ3v) is 4.72. The molecule has 0 saturated carbocycles. The van der Waals surface area contributed by atoms with Gasteiger partial charge in [0, 0.05) is 14.0 Å². The number of carbonyl (C=O) groups excluding carboxylic acids is 2. The molecule has 8 heteroatoms. The summed E-state index contributed by atoms with van der Waals surface area (Å²) >= 11 is 0. The lowest BCUT2D eigenvalue weighted by atomic mass is 9.76. The lowest BCUT2D eigenvalue weighted by Gasteiger charge is -2.39. The van der Waals surface area contributed by atoms with Crippen molar-refractivity contribution in [3.8, 4) is 0 Å². The molecule has 0 bridgehead atoms. The summed E-state index contributed by atoms with van der Waals surface area (Å²) in [6.45, 7) is 6.99. The van der Waals surface area contributed by atoms with Gasteiger partial charge in [-0.15, -0.1) is 0 Å². The standard InChI is InChI=1S/C19H24FN3O4.H2/c1-11-14-15(24)23(5)16(21-17(25)27-18(2,3)4)22-19(14,10-26-11)12-8-6-7-9-13(12)20;/h6-9,11,14H,10H2,1-5H3,(H,21,22,25);1H/t11-,14+,19-;/m1./s1. The van der Waals surface area contributed by atoms with Crippen LogP contribution in [0.1, 0.15) is 34.7 Å². The van der Waals surface area contributed by atoms with E-state index < -0.39 is 35.1 Å². The van der Waals surface area contributed by atoms with Gasteiger partial charge < -0.3 is 9.47 Å². The second-order valence-corrected chi connectivity index (χ2v) is 7.86. The van der Waals surface area contributed by atoms with E-state index in [9.17, 15) is 14.0 Å². The van der Waals surface area contributed by atoms with Crippen molar-refractivity contribution in [3.63, 3.8) is 0 Å². The first kappa shape index (κ1) is 19.3. The second-order valence-electron chi connectivity index (χ2n) is 7.86. The number of hydrogen-bond donors (Lipinski definition) is 1. The van der Waals surface area contributed by atoms with E-state index in [1.165, 1.54) is 18.0 Å². The average Bonchev–Trinajstić information content (AvgIpc) is 2.89. The summed E-state index contributed by atoms with van der Waals surface area (Å²) in [5, 5.41) is 2.51. The van der Waals surface area contributed by atoms with Gasteiger partial charge in [0.05, 0.1) is 18.6 Å². The fourth-order valence-corrected chi connectivity index (χ4v) is 3.54. The van der Waals surface area contributed by atoms with Crippen molar-refractivity contribution in [2.24, 2.45) is 10.9 Å². The number of nitrogens with one attached hydrogen (secondary N) is 1. The van der Waals surface area contributed by atoms with Crippen LogP contribution in [-0.2, 0) is 19.8 Å². The summed E-state index contributed by atoms with van der Waals surface area (Å²) in [4.78, 5) is 31.1. The van der Waals surface area contributed by atoms with Gasteiger partial charge in [0.1, 0.15) is 17.0 Å². The lowest BCUT2D eigenvalue weighted by molar-refractivity contribution is -0.134. The first-order valence-corrected chi connectivity index (χ1v) is 8.79. The largest absolute Gasteiger partial charge is 0.444 e. The Morgan fingerprint density at radius 2 is 2.11 bits per heavy atom. The quantitative estimate of drug-likeness (QED) is 0.813. The first-order chi connectivity index (χ1) is 12.5. The van der Waals surface area contributed by atoms with Gasteiger partial charge in [-0.25, -0.2) is 14.2 Å². The van der Waals surface area contributed by atoms with E-state index in [0.29, 0.717) is 0 Å². The van der Waals surface area contributed by atoms with Crippen LogP contribution < -0.4 is 5.32 Å². The molecule has 2 amide bonds. The Labute approximate surface area is 159 Å². The molecule has 3 rings (SSSR count). The number of benzene rings is 1. The van der Waals surface area contributed by atoms with Crippen LogP contribution in [-0.4, -0.2) is 48.2 Å². The number of carbonyl (C=O) groups is 2. The number of fused-ring (bicyclic) bond motifs is 1. The molecule has 1 fully saturated rings. The number of halogens is 1. The number of ether oxygens (including phenoxy) is 2. The number of hydrogen-bond acceptors (Lipinski definition) is 5. The minimum atomic E-state index is -1.24. The molecule has 3 atom stereocenters. The normalized spacial score (nSPS) is 27.9. The topological polar surface area (TPSA) is 80.2 Å². The van der Waals surface area contributed by atoms with Gasteiger partial charge >= 0.3 is 6.09 Å². The van der Waals surface area contributed by atoms with Crippen molar-refractivity contribution in [2.45, 2.75) is 44.9 Å². The van der Waals surface area contributed by atoms with E-state index in [2.05, 4.69) is 10.3 Å². The molecule has 1 aromatic carbocycles. The monoisotopic (exact) mass is 379 g/mol. The zero-order chi connectivity index (χ0) is 20.0. The highest BCUT2D eigenvalue weighted by Gasteiger charge is 2.58. The summed E-state index contributed by atoms with van der Waals surface area (Å²) in [5.41, 5.74) is -1.68. The van der Waals surface area contributed by atoms with Gasteiger partial charge in [-0.1, -0.05) is 18.2 Å². The van der Waals surface area contributed by atoms with Crippen molar-refractivity contribution in [2.75, 3.05) is 13.7 Å². The van der Waals surface area contributed by atoms with Crippen molar-refractivity contribution >= 4 is 18.0 Å². The van der Waals surface area contributed by atoms with Crippen LogP contribution in [0.5, 0.6) is 0 Å². The van der Waals surface area contributed by atoms with Crippen LogP contribution in [0.15, 0.2) is 29.3 Å². The molecule has 0 unspecified atom stereocenters. The lowest BCUT2D eigenvalue weighted by Crippen LogP contribution is -2.58. The zero-order valence-electron chi connectivity index (χ0n) is 16.1. The molecule has 1 N–H and O–H groups in total. The first-order valence-electron chi connectivity index (χ1n) is 8.79. The van der Waals surface area contributed by atoms with Gasteiger partial charge in [-0.05, 0) is 33.8 Å². The molecular formula is C19H26FN3O4. The maximum Gasteiger partial charge on any atom is 0.414 e. The van der Waals surface area contributed by atoms with E-state index >= 15 is 0 Å². The van der Waals surface area contributed by atoms with Crippen LogP contribution in [0.25, 0.3) is 0 Å². The molecular weight excluding hydrogens is 353 g/mol. The average molecular weight is 379 g/mol. The molecule has 0 aromatic heterocycles. The molecule has 2 heterocycles. The van der Waals surface area contributed by atoms with Gasteiger partial charge in [0.25, 0.3) is 0 Å². The number of guanidine groups is 1. The molecule has 7 nitrogen and oxygen atoms in total. The molecule has 0 aliphatic carbocycles. The number of rotatable bonds is 1. The Hall–Kier alpha value is -2.48. The van der Waals surface area contributed by atoms with Gasteiger partial charge in [0.2, 0.25) is 11.9 Å². The summed E-state index contributed by atoms with van der Waals surface area (Å²) < 4.78 is 25.6. The van der Waals surface area contributed by atoms with E-state index in [1.807, 2.05) is 0 Å². The maximum absolute atomic E-state index is 14.6. The van der Waals surface area contributed by atoms with Crippen LogP contribution in [0.4, 0.5) is 9.18 Å². The van der Waals surface area contributed by atoms with Crippen LogP contribution in [0, 0.1) is 11.7 Å². The fourth-order valence-electron chi connectivity index (χ4n) is 3.54. The molecule has 2 aliphatic rings. The Kier molecular flexibility index (Phi) is 4.71. The molecule has 0 spiro atoms. The molecule has 0 radical (unpaired) electrons. The fraction of sp³-hybridized carbons (Fsp3) is 0.526. The highest BCUT2D eigenvalue weighted by molar-refractivity contribution is 6.06. The molecule has 2 aliphatic heterocycles. The maximum atomic E-state index is 14.6. The second kappa shape index (κ2) is 6.60. The smallest absolute Gasteiger partial charge is 0.414 e.